The van der Waals surface area contributed by atoms with E-state index in [1.807, 2.05) is 22.9 Å². The fourth-order valence-electron chi connectivity index (χ4n) is 2.46. The molecule has 118 valence electrons. The van der Waals surface area contributed by atoms with Crippen LogP contribution in [0.5, 0.6) is 0 Å². The zero-order valence-corrected chi connectivity index (χ0v) is 14.4. The quantitative estimate of drug-likeness (QED) is 0.688. The minimum atomic E-state index is 0.658. The van der Waals surface area contributed by atoms with Crippen molar-refractivity contribution in [3.8, 4) is 0 Å². The molecular formula is C15H21N5S2. The SMILES string of the molecule is CCc1ccc(CN=C(N)N2CCN(c3nccs3)CC2)s1. The van der Waals surface area contributed by atoms with E-state index in [2.05, 4.69) is 38.8 Å². The van der Waals surface area contributed by atoms with Gasteiger partial charge in [-0.15, -0.1) is 22.7 Å². The number of thiazole rings is 1. The Labute approximate surface area is 139 Å². The minimum Gasteiger partial charge on any atom is -0.370 e. The monoisotopic (exact) mass is 335 g/mol. The van der Waals surface area contributed by atoms with Gasteiger partial charge in [-0.1, -0.05) is 6.92 Å². The lowest BCUT2D eigenvalue weighted by molar-refractivity contribution is 0.380. The molecule has 0 amide bonds. The predicted molar refractivity (Wildman–Crippen MR) is 94.9 cm³/mol. The Balaban J connectivity index is 1.52. The molecule has 3 rings (SSSR count). The number of nitrogens with two attached hydrogens (primary N) is 1. The van der Waals surface area contributed by atoms with Crippen LogP contribution >= 0.6 is 22.7 Å². The lowest BCUT2D eigenvalue weighted by Crippen LogP contribution is -2.51. The van der Waals surface area contributed by atoms with E-state index in [-0.39, 0.29) is 0 Å². The first kappa shape index (κ1) is 15.3. The van der Waals surface area contributed by atoms with Gasteiger partial charge in [0, 0.05) is 47.5 Å². The van der Waals surface area contributed by atoms with Crippen molar-refractivity contribution in [3.63, 3.8) is 0 Å². The average molecular weight is 336 g/mol. The smallest absolute Gasteiger partial charge is 0.191 e. The topological polar surface area (TPSA) is 57.8 Å². The highest BCUT2D eigenvalue weighted by Crippen LogP contribution is 2.19. The van der Waals surface area contributed by atoms with Gasteiger partial charge in [-0.2, -0.15) is 0 Å². The summed E-state index contributed by atoms with van der Waals surface area (Å²) < 4.78 is 0. The van der Waals surface area contributed by atoms with Gasteiger partial charge < -0.3 is 15.5 Å². The molecule has 1 fully saturated rings. The molecule has 2 aromatic heterocycles. The number of nitrogens with zero attached hydrogens (tertiary/aromatic N) is 4. The molecule has 5 nitrogen and oxygen atoms in total. The second-order valence-electron chi connectivity index (χ2n) is 5.18. The fraction of sp³-hybridized carbons (Fsp3) is 0.467. The molecule has 0 atom stereocenters. The second kappa shape index (κ2) is 7.11. The summed E-state index contributed by atoms with van der Waals surface area (Å²) in [6.45, 7) is 6.56. The van der Waals surface area contributed by atoms with Crippen molar-refractivity contribution in [2.75, 3.05) is 31.1 Å². The van der Waals surface area contributed by atoms with Crippen molar-refractivity contribution < 1.29 is 0 Å². The number of aryl methyl sites for hydroxylation is 1. The summed E-state index contributed by atoms with van der Waals surface area (Å²) in [6, 6.07) is 4.33. The van der Waals surface area contributed by atoms with Crippen LogP contribution in [0.4, 0.5) is 5.13 Å². The van der Waals surface area contributed by atoms with Gasteiger partial charge in [0.05, 0.1) is 6.54 Å². The molecule has 2 aromatic rings. The molecular weight excluding hydrogens is 314 g/mol. The van der Waals surface area contributed by atoms with Gasteiger partial charge in [-0.25, -0.2) is 9.98 Å². The molecule has 3 heterocycles. The third-order valence-electron chi connectivity index (χ3n) is 3.76. The van der Waals surface area contributed by atoms with Gasteiger partial charge in [-0.05, 0) is 18.6 Å². The standard InChI is InChI=1S/C15H21N5S2/c1-2-12-3-4-13(22-12)11-18-14(16)19-6-8-20(9-7-19)15-17-5-10-21-15/h3-5,10H,2,6-9,11H2,1H3,(H2,16,18). The fourth-order valence-corrected chi connectivity index (χ4v) is 4.03. The summed E-state index contributed by atoms with van der Waals surface area (Å²) in [7, 11) is 0. The van der Waals surface area contributed by atoms with Crippen molar-refractivity contribution in [1.29, 1.82) is 0 Å². The highest BCUT2D eigenvalue weighted by atomic mass is 32.1. The number of thiophene rings is 1. The third-order valence-corrected chi connectivity index (χ3v) is 5.80. The van der Waals surface area contributed by atoms with Gasteiger partial charge in [-0.3, -0.25) is 0 Å². The summed E-state index contributed by atoms with van der Waals surface area (Å²) in [6.07, 6.45) is 2.94. The molecule has 0 aliphatic carbocycles. The van der Waals surface area contributed by atoms with Crippen LogP contribution in [0.3, 0.4) is 0 Å². The first-order valence-electron chi connectivity index (χ1n) is 7.53. The van der Waals surface area contributed by atoms with Crippen molar-refractivity contribution in [2.24, 2.45) is 10.7 Å². The Morgan fingerprint density at radius 1 is 1.27 bits per heavy atom. The van der Waals surface area contributed by atoms with Crippen LogP contribution in [0.2, 0.25) is 0 Å². The van der Waals surface area contributed by atoms with Crippen molar-refractivity contribution in [1.82, 2.24) is 9.88 Å². The first-order chi connectivity index (χ1) is 10.8. The van der Waals surface area contributed by atoms with Crippen molar-refractivity contribution in [3.05, 3.63) is 33.5 Å². The number of anilines is 1. The van der Waals surface area contributed by atoms with E-state index in [9.17, 15) is 0 Å². The number of guanidine groups is 1. The molecule has 0 radical (unpaired) electrons. The maximum atomic E-state index is 6.15. The molecule has 7 heteroatoms. The number of piperazine rings is 1. The van der Waals surface area contributed by atoms with E-state index in [4.69, 9.17) is 5.73 Å². The predicted octanol–water partition coefficient (Wildman–Crippen LogP) is 2.40. The normalized spacial score (nSPS) is 16.3. The van der Waals surface area contributed by atoms with Gasteiger partial charge in [0.15, 0.2) is 11.1 Å². The van der Waals surface area contributed by atoms with E-state index >= 15 is 0 Å². The first-order valence-corrected chi connectivity index (χ1v) is 9.22. The molecule has 0 spiro atoms. The van der Waals surface area contributed by atoms with Crippen LogP contribution in [-0.2, 0) is 13.0 Å². The number of aliphatic imine (C=N–C) groups is 1. The maximum absolute atomic E-state index is 6.15. The van der Waals surface area contributed by atoms with E-state index in [1.165, 1.54) is 9.75 Å². The van der Waals surface area contributed by atoms with Gasteiger partial charge >= 0.3 is 0 Å². The summed E-state index contributed by atoms with van der Waals surface area (Å²) in [5.74, 6) is 0.658. The zero-order valence-electron chi connectivity index (χ0n) is 12.7. The highest BCUT2D eigenvalue weighted by molar-refractivity contribution is 7.13. The Bertz CT molecular complexity index is 612. The third kappa shape index (κ3) is 3.59. The molecule has 22 heavy (non-hydrogen) atoms. The summed E-state index contributed by atoms with van der Waals surface area (Å²) in [5.41, 5.74) is 6.15. The molecule has 0 saturated carbocycles. The lowest BCUT2D eigenvalue weighted by Gasteiger charge is -2.35. The van der Waals surface area contributed by atoms with Gasteiger partial charge in [0.2, 0.25) is 0 Å². The molecule has 2 N–H and O–H groups in total. The summed E-state index contributed by atoms with van der Waals surface area (Å²) in [5, 5.41) is 3.11. The van der Waals surface area contributed by atoms with Gasteiger partial charge in [0.25, 0.3) is 0 Å². The second-order valence-corrected chi connectivity index (χ2v) is 7.31. The van der Waals surface area contributed by atoms with Crippen molar-refractivity contribution in [2.45, 2.75) is 19.9 Å². The number of rotatable bonds is 4. The Morgan fingerprint density at radius 3 is 2.68 bits per heavy atom. The Kier molecular flexibility index (Phi) is 4.94. The lowest BCUT2D eigenvalue weighted by atomic mass is 10.3. The Hall–Kier alpha value is -1.60. The van der Waals surface area contributed by atoms with Crippen LogP contribution in [0.1, 0.15) is 16.7 Å². The minimum absolute atomic E-state index is 0.658. The van der Waals surface area contributed by atoms with Crippen LogP contribution in [0.25, 0.3) is 0 Å². The molecule has 0 bridgehead atoms. The molecule has 0 aromatic carbocycles. The zero-order chi connectivity index (χ0) is 15.4. The van der Waals surface area contributed by atoms with E-state index < -0.39 is 0 Å². The molecule has 1 aliphatic heterocycles. The number of aromatic nitrogens is 1. The highest BCUT2D eigenvalue weighted by Gasteiger charge is 2.19. The van der Waals surface area contributed by atoms with Crippen molar-refractivity contribution >= 4 is 33.8 Å². The van der Waals surface area contributed by atoms with E-state index in [0.29, 0.717) is 12.5 Å². The molecule has 0 unspecified atom stereocenters. The summed E-state index contributed by atoms with van der Waals surface area (Å²) >= 11 is 3.51. The van der Waals surface area contributed by atoms with Crippen LogP contribution in [0.15, 0.2) is 28.7 Å². The summed E-state index contributed by atoms with van der Waals surface area (Å²) in [4.78, 5) is 16.1. The van der Waals surface area contributed by atoms with Gasteiger partial charge in [0.1, 0.15) is 0 Å². The Morgan fingerprint density at radius 2 is 2.05 bits per heavy atom. The average Bonchev–Trinajstić information content (AvgIpc) is 3.24. The van der Waals surface area contributed by atoms with Crippen LogP contribution < -0.4 is 10.6 Å². The maximum Gasteiger partial charge on any atom is 0.191 e. The molecule has 1 aliphatic rings. The van der Waals surface area contributed by atoms with E-state index in [1.54, 1.807) is 11.3 Å². The van der Waals surface area contributed by atoms with Crippen LogP contribution in [0, 0.1) is 0 Å². The molecule has 1 saturated heterocycles. The van der Waals surface area contributed by atoms with Crippen LogP contribution in [-0.4, -0.2) is 42.0 Å². The number of hydrogen-bond donors (Lipinski definition) is 1. The largest absolute Gasteiger partial charge is 0.370 e. The number of hydrogen-bond acceptors (Lipinski definition) is 5. The van der Waals surface area contributed by atoms with E-state index in [0.717, 1.165) is 37.7 Å².